The summed E-state index contributed by atoms with van der Waals surface area (Å²) in [6.45, 7) is 10.5. The molecule has 1 atom stereocenters. The summed E-state index contributed by atoms with van der Waals surface area (Å²) >= 11 is 0. The Balaban J connectivity index is 0.00000109. The predicted octanol–water partition coefficient (Wildman–Crippen LogP) is 6.17. The molecule has 0 amide bonds. The van der Waals surface area contributed by atoms with Crippen LogP contribution in [-0.2, 0) is 0 Å². The maximum Gasteiger partial charge on any atom is 0.130 e. The van der Waals surface area contributed by atoms with E-state index in [2.05, 4.69) is 71.4 Å². The van der Waals surface area contributed by atoms with Crippen molar-refractivity contribution in [1.29, 1.82) is 0 Å². The van der Waals surface area contributed by atoms with Crippen LogP contribution in [0.5, 0.6) is 5.75 Å². The molecule has 1 aliphatic rings. The minimum absolute atomic E-state index is 0.277. The zero-order chi connectivity index (χ0) is 19.9. The first-order valence-electron chi connectivity index (χ1n) is 10.5. The van der Waals surface area contributed by atoms with E-state index in [-0.39, 0.29) is 6.10 Å². The molecule has 148 valence electrons. The molecule has 2 aromatic carbocycles. The minimum Gasteiger partial charge on any atom is -0.490 e. The third kappa shape index (κ3) is 4.71. The largest absolute Gasteiger partial charge is 0.490 e. The van der Waals surface area contributed by atoms with Crippen LogP contribution in [-0.4, -0.2) is 29.1 Å². The van der Waals surface area contributed by atoms with Crippen molar-refractivity contribution in [3.05, 3.63) is 71.9 Å². The molecule has 0 aliphatic carbocycles. The number of ether oxygens (including phenoxy) is 1. The number of piperidine rings is 1. The predicted molar refractivity (Wildman–Crippen MR) is 118 cm³/mol. The van der Waals surface area contributed by atoms with E-state index < -0.39 is 0 Å². The first-order chi connectivity index (χ1) is 13.7. The summed E-state index contributed by atoms with van der Waals surface area (Å²) in [7, 11) is 0. The van der Waals surface area contributed by atoms with Gasteiger partial charge in [0.1, 0.15) is 11.9 Å². The molecule has 0 radical (unpaired) electrons. The molecule has 28 heavy (non-hydrogen) atoms. The lowest BCUT2D eigenvalue weighted by Crippen LogP contribution is -2.39. The number of nitrogens with zero attached hydrogens (tertiary/aromatic N) is 2. The van der Waals surface area contributed by atoms with E-state index in [0.29, 0.717) is 6.04 Å². The van der Waals surface area contributed by atoms with Crippen LogP contribution in [0.3, 0.4) is 0 Å². The van der Waals surface area contributed by atoms with Gasteiger partial charge in [-0.3, -0.25) is 9.88 Å². The van der Waals surface area contributed by atoms with Crippen molar-refractivity contribution in [3.63, 3.8) is 0 Å². The SMILES string of the molecule is CC.Cc1cc(OC2CCN(C(C)c3ccccc3)CC2)c2ccccc2n1. The van der Waals surface area contributed by atoms with Crippen LogP contribution in [0, 0.1) is 6.92 Å². The number of aromatic nitrogens is 1. The number of likely N-dealkylation sites (tertiary alicyclic amines) is 1. The van der Waals surface area contributed by atoms with Crippen molar-refractivity contribution in [3.8, 4) is 5.75 Å². The summed E-state index contributed by atoms with van der Waals surface area (Å²) < 4.78 is 6.42. The number of benzene rings is 2. The lowest BCUT2D eigenvalue weighted by Gasteiger charge is -2.36. The highest BCUT2D eigenvalue weighted by Gasteiger charge is 2.25. The molecule has 3 nitrogen and oxygen atoms in total. The second-order valence-corrected chi connectivity index (χ2v) is 7.22. The van der Waals surface area contributed by atoms with Gasteiger partial charge in [0.05, 0.1) is 5.52 Å². The second kappa shape index (κ2) is 9.70. The fourth-order valence-corrected chi connectivity index (χ4v) is 3.87. The van der Waals surface area contributed by atoms with Crippen molar-refractivity contribution in [2.75, 3.05) is 13.1 Å². The van der Waals surface area contributed by atoms with E-state index in [1.807, 2.05) is 26.8 Å². The maximum absolute atomic E-state index is 6.42. The molecule has 0 spiro atoms. The molecular weight excluding hydrogens is 344 g/mol. The quantitative estimate of drug-likeness (QED) is 0.544. The Bertz CT molecular complexity index is 870. The normalized spacial score (nSPS) is 16.3. The summed E-state index contributed by atoms with van der Waals surface area (Å²) in [5, 5.41) is 1.11. The van der Waals surface area contributed by atoms with E-state index in [1.54, 1.807) is 0 Å². The van der Waals surface area contributed by atoms with Crippen molar-refractivity contribution in [2.24, 2.45) is 0 Å². The molecule has 0 N–H and O–H groups in total. The third-order valence-electron chi connectivity index (χ3n) is 5.41. The highest BCUT2D eigenvalue weighted by atomic mass is 16.5. The molecule has 0 bridgehead atoms. The summed E-state index contributed by atoms with van der Waals surface area (Å²) in [6, 6.07) is 21.5. The van der Waals surface area contributed by atoms with Crippen LogP contribution < -0.4 is 4.74 Å². The van der Waals surface area contributed by atoms with Gasteiger partial charge in [0.2, 0.25) is 0 Å². The lowest BCUT2D eigenvalue weighted by atomic mass is 10.0. The van der Waals surface area contributed by atoms with Gasteiger partial charge in [-0.1, -0.05) is 56.3 Å². The Morgan fingerprint density at radius 1 is 0.964 bits per heavy atom. The van der Waals surface area contributed by atoms with Crippen LogP contribution in [0.1, 0.15) is 50.9 Å². The summed E-state index contributed by atoms with van der Waals surface area (Å²) in [6.07, 6.45) is 2.40. The lowest BCUT2D eigenvalue weighted by molar-refractivity contribution is 0.0806. The van der Waals surface area contributed by atoms with Crippen LogP contribution >= 0.6 is 0 Å². The summed E-state index contributed by atoms with van der Waals surface area (Å²) in [5.41, 5.74) is 3.41. The molecule has 2 heterocycles. The van der Waals surface area contributed by atoms with Crippen LogP contribution in [0.25, 0.3) is 10.9 Å². The fraction of sp³-hybridized carbons (Fsp3) is 0.400. The van der Waals surface area contributed by atoms with E-state index in [1.165, 1.54) is 5.56 Å². The van der Waals surface area contributed by atoms with Gasteiger partial charge >= 0.3 is 0 Å². The van der Waals surface area contributed by atoms with E-state index in [4.69, 9.17) is 4.74 Å². The molecule has 1 unspecified atom stereocenters. The molecule has 1 saturated heterocycles. The molecule has 0 saturated carbocycles. The standard InChI is InChI=1S/C23H26N2O.C2H6/c1-17-16-23(21-10-6-7-11-22(21)24-17)26-20-12-14-25(15-13-20)18(2)19-8-4-3-5-9-19;1-2/h3-11,16,18,20H,12-15H2,1-2H3;1-2H3. The Morgan fingerprint density at radius 3 is 2.32 bits per heavy atom. The van der Waals surface area contributed by atoms with Gasteiger partial charge in [0, 0.05) is 36.3 Å². The highest BCUT2D eigenvalue weighted by molar-refractivity contribution is 5.85. The number of pyridine rings is 1. The van der Waals surface area contributed by atoms with Gasteiger partial charge in [0.25, 0.3) is 0 Å². The van der Waals surface area contributed by atoms with Crippen LogP contribution in [0.2, 0.25) is 0 Å². The average molecular weight is 377 g/mol. The zero-order valence-electron chi connectivity index (χ0n) is 17.6. The van der Waals surface area contributed by atoms with E-state index in [0.717, 1.165) is 48.3 Å². The monoisotopic (exact) mass is 376 g/mol. The number of aryl methyl sites for hydroxylation is 1. The molecule has 4 rings (SSSR count). The molecule has 3 heteroatoms. The topological polar surface area (TPSA) is 25.4 Å². The Kier molecular flexibility index (Phi) is 7.05. The van der Waals surface area contributed by atoms with Gasteiger partial charge in [-0.2, -0.15) is 0 Å². The third-order valence-corrected chi connectivity index (χ3v) is 5.41. The maximum atomic E-state index is 6.42. The number of para-hydroxylation sites is 1. The molecular formula is C25H32N2O. The van der Waals surface area contributed by atoms with Gasteiger partial charge in [0.15, 0.2) is 0 Å². The second-order valence-electron chi connectivity index (χ2n) is 7.22. The minimum atomic E-state index is 0.277. The first-order valence-corrected chi connectivity index (χ1v) is 10.5. The van der Waals surface area contributed by atoms with Crippen LogP contribution in [0.15, 0.2) is 60.7 Å². The Hall–Kier alpha value is -2.39. The molecule has 1 aliphatic heterocycles. The van der Waals surface area contributed by atoms with Crippen molar-refractivity contribution in [2.45, 2.75) is 52.7 Å². The van der Waals surface area contributed by atoms with Crippen molar-refractivity contribution in [1.82, 2.24) is 9.88 Å². The fourth-order valence-electron chi connectivity index (χ4n) is 3.87. The smallest absolute Gasteiger partial charge is 0.130 e. The van der Waals surface area contributed by atoms with Gasteiger partial charge in [-0.25, -0.2) is 0 Å². The number of rotatable bonds is 4. The van der Waals surface area contributed by atoms with Crippen LogP contribution in [0.4, 0.5) is 0 Å². The van der Waals surface area contributed by atoms with E-state index >= 15 is 0 Å². The molecule has 1 aromatic heterocycles. The number of hydrogen-bond acceptors (Lipinski definition) is 3. The average Bonchev–Trinajstić information content (AvgIpc) is 2.76. The van der Waals surface area contributed by atoms with Crippen molar-refractivity contribution >= 4 is 10.9 Å². The van der Waals surface area contributed by atoms with Gasteiger partial charge in [-0.15, -0.1) is 0 Å². The highest BCUT2D eigenvalue weighted by Crippen LogP contribution is 2.30. The van der Waals surface area contributed by atoms with Gasteiger partial charge < -0.3 is 4.74 Å². The van der Waals surface area contributed by atoms with Crippen molar-refractivity contribution < 1.29 is 4.74 Å². The Morgan fingerprint density at radius 2 is 1.61 bits per heavy atom. The number of hydrogen-bond donors (Lipinski definition) is 0. The zero-order valence-corrected chi connectivity index (χ0v) is 17.6. The number of fused-ring (bicyclic) bond motifs is 1. The molecule has 1 fully saturated rings. The van der Waals surface area contributed by atoms with E-state index in [9.17, 15) is 0 Å². The first kappa shape index (κ1) is 20.3. The molecule has 3 aromatic rings. The summed E-state index contributed by atoms with van der Waals surface area (Å²) in [4.78, 5) is 7.17. The summed E-state index contributed by atoms with van der Waals surface area (Å²) in [5.74, 6) is 0.975. The Labute approximate surface area is 169 Å². The van der Waals surface area contributed by atoms with Gasteiger partial charge in [-0.05, 0) is 44.4 Å².